The van der Waals surface area contributed by atoms with Gasteiger partial charge in [-0.2, -0.15) is 8.42 Å². The Morgan fingerprint density at radius 2 is 0.594 bits per heavy atom. The molecule has 200 valence electrons. The third-order valence-electron chi connectivity index (χ3n) is 0.365. The Morgan fingerprint density at radius 1 is 0.562 bits per heavy atom. The Bertz CT molecular complexity index is 621. The molecule has 0 saturated carbocycles. The average molecular weight is 838 g/mol. The first kappa shape index (κ1) is 50.4. The average Bonchev–Trinajstić information content (AvgIpc) is 2.14. The van der Waals surface area contributed by atoms with Gasteiger partial charge in [0.15, 0.2) is 0 Å². The molecule has 0 aliphatic carbocycles. The maximum absolute atomic E-state index is 10.4. The van der Waals surface area contributed by atoms with Crippen molar-refractivity contribution in [2.24, 2.45) is 0 Å². The smallest absolute Gasteiger partial charge is 1.00 e. The first-order chi connectivity index (χ1) is 12.6. The van der Waals surface area contributed by atoms with Crippen molar-refractivity contribution in [3.05, 3.63) is 0 Å². The van der Waals surface area contributed by atoms with Crippen LogP contribution in [-0.4, -0.2) is 133 Å². The van der Waals surface area contributed by atoms with Crippen LogP contribution >= 0.6 is 0 Å². The fourth-order valence-electron chi connectivity index (χ4n) is 0. The van der Waals surface area contributed by atoms with Crippen LogP contribution in [0.4, 0.5) is 17.3 Å². The third-order valence-corrected chi connectivity index (χ3v) is 1.09. The van der Waals surface area contributed by atoms with E-state index in [1.54, 1.807) is 0 Å². The van der Waals surface area contributed by atoms with Gasteiger partial charge in [0.05, 0.1) is 5.75 Å². The molecule has 0 aromatic rings. The van der Waals surface area contributed by atoms with Crippen molar-refractivity contribution in [2.75, 3.05) is 5.75 Å². The Labute approximate surface area is 204 Å². The molecule has 0 bridgehead atoms. The molecule has 0 aromatic heterocycles. The van der Waals surface area contributed by atoms with E-state index in [1.807, 2.05) is 0 Å². The summed E-state index contributed by atoms with van der Waals surface area (Å²) in [6, 6.07) is 0. The van der Waals surface area contributed by atoms with Gasteiger partial charge in [0, 0.05) is 0 Å². The van der Waals surface area contributed by atoms with Gasteiger partial charge in [-0.1, -0.05) is 0 Å². The molecule has 32 heavy (non-hydrogen) atoms. The van der Waals surface area contributed by atoms with Crippen LogP contribution in [-0.2, 0) is 28.8 Å². The van der Waals surface area contributed by atoms with Gasteiger partial charge in [-0.15, -0.1) is 0 Å². The van der Waals surface area contributed by atoms with E-state index in [2.05, 4.69) is 0 Å². The summed E-state index contributed by atoms with van der Waals surface area (Å²) in [7, 11) is -3.66. The van der Waals surface area contributed by atoms with Gasteiger partial charge in [0.2, 0.25) is 0 Å². The predicted molar refractivity (Wildman–Crippen MR) is 83.1 cm³/mol. The van der Waals surface area contributed by atoms with Crippen molar-refractivity contribution in [3.8, 4) is 0 Å². The second-order valence-corrected chi connectivity index (χ2v) is 14.9. The zero-order chi connectivity index (χ0) is 27.7. The van der Waals surface area contributed by atoms with Gasteiger partial charge < -0.3 is 1.43 Å². The summed E-state index contributed by atoms with van der Waals surface area (Å²) in [4.78, 5) is 0. The van der Waals surface area contributed by atoms with Gasteiger partial charge in [0.25, 0.3) is 10.1 Å². The fourth-order valence-corrected chi connectivity index (χ4v) is 0. The normalized spacial score (nSPS) is 11.4. The van der Waals surface area contributed by atoms with Crippen molar-refractivity contribution in [1.82, 2.24) is 0 Å². The largest absolute Gasteiger partial charge is 1.00 e. The molecule has 0 fully saturated rings. The number of hydrogen-bond donors (Lipinski definition) is 11. The SMILES string of the molecule is CCS(=O)(=O)O.O=[As](O)(O)F.O=[As](O)(O)F.O=[As](O)(O)F.O=[As](O)(O)F.O=[As](O)(O)F.[H-].[Li+]. The van der Waals surface area contributed by atoms with Crippen molar-refractivity contribution >= 4 is 83.3 Å². The summed E-state index contributed by atoms with van der Waals surface area (Å²) >= 11 is -28.1. The van der Waals surface area contributed by atoms with E-state index >= 15 is 0 Å². The minimum atomic E-state index is -5.62. The number of halogens is 5. The molecule has 0 aliphatic rings. The van der Waals surface area contributed by atoms with E-state index in [-0.39, 0.29) is 26.0 Å². The predicted octanol–water partition coefficient (Wildman–Crippen LogP) is -8.96. The van der Waals surface area contributed by atoms with Crippen LogP contribution in [0.1, 0.15) is 8.35 Å². The molecule has 0 aromatic carbocycles. The fraction of sp³-hybridized carbons (Fsp3) is 1.00. The summed E-state index contributed by atoms with van der Waals surface area (Å²) in [5.41, 5.74) is 0. The summed E-state index contributed by atoms with van der Waals surface area (Å²) in [6.07, 6.45) is 0. The van der Waals surface area contributed by atoms with Crippen LogP contribution in [0.5, 0.6) is 0 Å². The van der Waals surface area contributed by atoms with E-state index in [0.717, 1.165) is 0 Å². The monoisotopic (exact) mass is 838 g/mol. The van der Waals surface area contributed by atoms with E-state index < -0.39 is 83.3 Å². The molecular weight excluding hydrogens is 821 g/mol. The molecule has 18 nitrogen and oxygen atoms in total. The first-order valence-corrected chi connectivity index (χ1v) is 22.6. The van der Waals surface area contributed by atoms with Crippen molar-refractivity contribution in [2.45, 2.75) is 6.92 Å². The van der Waals surface area contributed by atoms with Crippen molar-refractivity contribution < 1.29 is 110 Å². The van der Waals surface area contributed by atoms with Crippen LogP contribution in [0.2, 0.25) is 0 Å². The maximum atomic E-state index is 10.4. The molecule has 11 N–H and O–H groups in total. The molecule has 0 rings (SSSR count). The van der Waals surface area contributed by atoms with Crippen LogP contribution < -0.4 is 18.9 Å². The molecule has 0 saturated heterocycles. The van der Waals surface area contributed by atoms with Crippen LogP contribution in [0, 0.1) is 0 Å². The van der Waals surface area contributed by atoms with E-state index in [1.165, 1.54) is 6.92 Å². The second kappa shape index (κ2) is 21.8. The van der Waals surface area contributed by atoms with Gasteiger partial charge in [-0.25, -0.2) is 0 Å². The summed E-state index contributed by atoms with van der Waals surface area (Å²) < 4.78 is 193. The zero-order valence-corrected chi connectivity index (χ0v) is 25.2. The zero-order valence-electron chi connectivity index (χ0n) is 16.0. The molecule has 0 unspecified atom stereocenters. The minimum Gasteiger partial charge on any atom is -1.00 e. The molecule has 0 amide bonds. The van der Waals surface area contributed by atoms with Crippen LogP contribution in [0.15, 0.2) is 0 Å². The first-order valence-electron chi connectivity index (χ1n) is 5.27. The van der Waals surface area contributed by atoms with E-state index in [4.69, 9.17) is 64.2 Å². The van der Waals surface area contributed by atoms with Crippen molar-refractivity contribution in [3.63, 3.8) is 0 Å². The molecule has 0 heterocycles. The van der Waals surface area contributed by atoms with Crippen LogP contribution in [0.25, 0.3) is 0 Å². The number of hydrogen-bond acceptors (Lipinski definition) is 7. The van der Waals surface area contributed by atoms with Gasteiger partial charge >= 0.3 is 169 Å². The topological polar surface area (TPSA) is 342 Å². The molecule has 30 heteroatoms. The van der Waals surface area contributed by atoms with Crippen molar-refractivity contribution in [1.29, 1.82) is 0 Å². The van der Waals surface area contributed by atoms with Gasteiger partial charge in [-0.05, 0) is 6.92 Å². The quantitative estimate of drug-likeness (QED) is 0.0664. The maximum Gasteiger partial charge on any atom is 1.00 e. The number of rotatable bonds is 1. The third kappa shape index (κ3) is 1420. The van der Waals surface area contributed by atoms with E-state index in [0.29, 0.717) is 0 Å². The van der Waals surface area contributed by atoms with E-state index in [9.17, 15) is 25.8 Å². The molecular formula is C2H17As5F5LiO18S. The van der Waals surface area contributed by atoms with Gasteiger partial charge in [0.1, 0.15) is 0 Å². The Hall–Kier alpha value is 1.55. The van der Waals surface area contributed by atoms with Crippen LogP contribution in [0.3, 0.4) is 0 Å². The minimum absolute atomic E-state index is 0. The summed E-state index contributed by atoms with van der Waals surface area (Å²) in [5.74, 6) is -0.201. The standard InChI is InChI=1S/C2H6O3S.5AsFH2O3.Li.H/c1-2-6(3,4)5;5*2-1(3,4)5;;/h2H2,1H3,(H,3,4,5);5*(H2,3,4,5);;/q;;;;;;+1;-1. The molecule has 0 atom stereocenters. The Morgan fingerprint density at radius 3 is 0.594 bits per heavy atom. The molecule has 0 radical (unpaired) electrons. The summed E-state index contributed by atoms with van der Waals surface area (Å²) in [5, 5.41) is 0. The summed E-state index contributed by atoms with van der Waals surface area (Å²) in [6.45, 7) is 1.37. The second-order valence-electron chi connectivity index (χ2n) is 3.24. The Kier molecular flexibility index (Phi) is 34.4. The van der Waals surface area contributed by atoms with Gasteiger partial charge in [-0.3, -0.25) is 4.55 Å². The molecule has 0 aliphatic heterocycles. The Balaban J connectivity index is -0.0000000375. The molecule has 0 spiro atoms.